The van der Waals surface area contributed by atoms with Crippen LogP contribution >= 0.6 is 0 Å². The Morgan fingerprint density at radius 3 is 2.12 bits per heavy atom. The molecule has 3 aromatic rings. The highest BCUT2D eigenvalue weighted by Crippen LogP contribution is 2.26. The number of carbonyl (C=O) groups excluding carboxylic acids is 2. The van der Waals surface area contributed by atoms with Crippen molar-refractivity contribution in [3.8, 4) is 0 Å². The zero-order valence-electron chi connectivity index (χ0n) is 14.8. The summed E-state index contributed by atoms with van der Waals surface area (Å²) in [4.78, 5) is 26.1. The first-order chi connectivity index (χ1) is 12.5. The van der Waals surface area contributed by atoms with Crippen molar-refractivity contribution in [3.05, 3.63) is 70.9 Å². The molecule has 1 atom stereocenters. The molecule has 0 aliphatic carbocycles. The number of β-amino-alcohol motifs (C(OH)–C–C–N with tert-alkyl or cyclic N) is 1. The van der Waals surface area contributed by atoms with E-state index in [1.54, 1.807) is 24.3 Å². The number of fused-ring (bicyclic) bond motifs is 2. The largest absolute Gasteiger partial charge is 0.389 e. The van der Waals surface area contributed by atoms with Crippen molar-refractivity contribution in [1.29, 1.82) is 0 Å². The second kappa shape index (κ2) is 6.11. The number of aliphatic hydroxyl groups is 1. The molecule has 2 amide bonds. The molecule has 1 aromatic heterocycles. The summed E-state index contributed by atoms with van der Waals surface area (Å²) in [6.45, 7) is 4.39. The van der Waals surface area contributed by atoms with Crippen molar-refractivity contribution in [2.45, 2.75) is 26.5 Å². The maximum Gasteiger partial charge on any atom is 0.261 e. The number of carbonyl (C=O) groups is 2. The number of rotatable bonds is 4. The minimum atomic E-state index is -0.842. The molecule has 1 unspecified atom stereocenters. The highest BCUT2D eigenvalue weighted by Gasteiger charge is 2.36. The molecule has 4 rings (SSSR count). The Morgan fingerprint density at radius 1 is 0.885 bits per heavy atom. The van der Waals surface area contributed by atoms with Gasteiger partial charge >= 0.3 is 0 Å². The van der Waals surface area contributed by atoms with Crippen LogP contribution < -0.4 is 0 Å². The van der Waals surface area contributed by atoms with Crippen LogP contribution in [0.15, 0.2) is 48.5 Å². The van der Waals surface area contributed by atoms with E-state index in [0.29, 0.717) is 17.7 Å². The number of para-hydroxylation sites is 1. The Bertz CT molecular complexity index is 1000. The van der Waals surface area contributed by atoms with Crippen LogP contribution in [0, 0.1) is 13.8 Å². The summed E-state index contributed by atoms with van der Waals surface area (Å²) in [7, 11) is 0. The molecule has 0 fully saturated rings. The number of aromatic nitrogens is 1. The van der Waals surface area contributed by atoms with E-state index in [2.05, 4.69) is 13.0 Å². The van der Waals surface area contributed by atoms with E-state index in [4.69, 9.17) is 0 Å². The van der Waals surface area contributed by atoms with Gasteiger partial charge in [-0.2, -0.15) is 0 Å². The molecule has 2 heterocycles. The first-order valence-electron chi connectivity index (χ1n) is 8.66. The lowest BCUT2D eigenvalue weighted by atomic mass is 10.1. The third-order valence-corrected chi connectivity index (χ3v) is 5.21. The Morgan fingerprint density at radius 2 is 1.46 bits per heavy atom. The third-order valence-electron chi connectivity index (χ3n) is 5.21. The maximum atomic E-state index is 12.5. The maximum absolute atomic E-state index is 12.5. The number of imide groups is 1. The van der Waals surface area contributed by atoms with Crippen molar-refractivity contribution < 1.29 is 14.7 Å². The molecule has 5 nitrogen and oxygen atoms in total. The first kappa shape index (κ1) is 16.5. The average molecular weight is 348 g/mol. The summed E-state index contributed by atoms with van der Waals surface area (Å²) < 4.78 is 2.05. The van der Waals surface area contributed by atoms with Crippen LogP contribution in [-0.4, -0.2) is 39.0 Å². The van der Waals surface area contributed by atoms with E-state index in [1.165, 1.54) is 5.56 Å². The molecule has 1 aliphatic heterocycles. The fourth-order valence-corrected chi connectivity index (χ4v) is 3.72. The second-order valence-electron chi connectivity index (χ2n) is 6.76. The number of aliphatic hydroxyl groups excluding tert-OH is 1. The van der Waals surface area contributed by atoms with Gasteiger partial charge in [0, 0.05) is 16.6 Å². The van der Waals surface area contributed by atoms with Crippen LogP contribution in [-0.2, 0) is 6.54 Å². The van der Waals surface area contributed by atoms with E-state index < -0.39 is 6.10 Å². The molecular weight excluding hydrogens is 328 g/mol. The van der Waals surface area contributed by atoms with Crippen molar-refractivity contribution in [1.82, 2.24) is 9.47 Å². The van der Waals surface area contributed by atoms with Crippen LogP contribution in [0.4, 0.5) is 0 Å². The van der Waals surface area contributed by atoms with Crippen LogP contribution in [0.3, 0.4) is 0 Å². The van der Waals surface area contributed by atoms with Crippen LogP contribution in [0.25, 0.3) is 10.9 Å². The highest BCUT2D eigenvalue weighted by atomic mass is 16.3. The zero-order chi connectivity index (χ0) is 18.4. The molecular formula is C21H20N2O3. The van der Waals surface area contributed by atoms with E-state index in [1.807, 2.05) is 29.7 Å². The summed E-state index contributed by atoms with van der Waals surface area (Å²) in [6, 6.07) is 14.8. The van der Waals surface area contributed by atoms with Crippen molar-refractivity contribution in [2.24, 2.45) is 0 Å². The summed E-state index contributed by atoms with van der Waals surface area (Å²) in [5, 5.41) is 11.8. The minimum absolute atomic E-state index is 0.0165. The minimum Gasteiger partial charge on any atom is -0.389 e. The molecule has 0 spiro atoms. The highest BCUT2D eigenvalue weighted by molar-refractivity contribution is 6.21. The fraction of sp³-hybridized carbons (Fsp3) is 0.238. The lowest BCUT2D eigenvalue weighted by molar-refractivity contribution is 0.0522. The van der Waals surface area contributed by atoms with Gasteiger partial charge in [-0.25, -0.2) is 0 Å². The van der Waals surface area contributed by atoms with Gasteiger partial charge in [-0.05, 0) is 37.6 Å². The molecule has 1 aliphatic rings. The van der Waals surface area contributed by atoms with Gasteiger partial charge in [0.05, 0.1) is 30.3 Å². The SMILES string of the molecule is Cc1c(C)n(CC(O)CN2C(=O)c3ccccc3C2=O)c2ccccc12. The van der Waals surface area contributed by atoms with E-state index in [0.717, 1.165) is 21.5 Å². The normalized spacial score (nSPS) is 15.0. The molecule has 1 N–H and O–H groups in total. The summed E-state index contributed by atoms with van der Waals surface area (Å²) >= 11 is 0. The van der Waals surface area contributed by atoms with Crippen LogP contribution in [0.5, 0.6) is 0 Å². The number of amides is 2. The third kappa shape index (κ3) is 2.44. The number of hydrogen-bond acceptors (Lipinski definition) is 3. The molecule has 0 bridgehead atoms. The molecule has 0 radical (unpaired) electrons. The molecule has 132 valence electrons. The predicted octanol–water partition coefficient (Wildman–Crippen LogP) is 2.92. The standard InChI is InChI=1S/C21H20N2O3/c1-13-14(2)22(19-10-6-5-7-16(13)19)11-15(24)12-23-20(25)17-8-3-4-9-18(17)21(23)26/h3-10,15,24H,11-12H2,1-2H3. The fourth-order valence-electron chi connectivity index (χ4n) is 3.72. The van der Waals surface area contributed by atoms with Gasteiger partial charge < -0.3 is 9.67 Å². The lowest BCUT2D eigenvalue weighted by Crippen LogP contribution is -2.38. The quantitative estimate of drug-likeness (QED) is 0.738. The number of nitrogens with zero attached hydrogens (tertiary/aromatic N) is 2. The van der Waals surface area contributed by atoms with Crippen LogP contribution in [0.1, 0.15) is 32.0 Å². The summed E-state index contributed by atoms with van der Waals surface area (Å²) in [5.74, 6) is -0.676. The van der Waals surface area contributed by atoms with Gasteiger partial charge in [0.25, 0.3) is 11.8 Å². The number of aryl methyl sites for hydroxylation is 1. The number of benzene rings is 2. The molecule has 2 aromatic carbocycles. The Kier molecular flexibility index (Phi) is 3.89. The smallest absolute Gasteiger partial charge is 0.261 e. The Balaban J connectivity index is 1.58. The average Bonchev–Trinajstić information content (AvgIpc) is 3.03. The lowest BCUT2D eigenvalue weighted by Gasteiger charge is -2.20. The van der Waals surface area contributed by atoms with Crippen molar-refractivity contribution >= 4 is 22.7 Å². The Labute approximate surface area is 151 Å². The van der Waals surface area contributed by atoms with Gasteiger partial charge in [0.2, 0.25) is 0 Å². The van der Waals surface area contributed by atoms with Crippen LogP contribution in [0.2, 0.25) is 0 Å². The molecule has 26 heavy (non-hydrogen) atoms. The monoisotopic (exact) mass is 348 g/mol. The van der Waals surface area contributed by atoms with Gasteiger partial charge in [-0.1, -0.05) is 30.3 Å². The molecule has 5 heteroatoms. The van der Waals surface area contributed by atoms with E-state index in [-0.39, 0.29) is 18.4 Å². The van der Waals surface area contributed by atoms with E-state index in [9.17, 15) is 14.7 Å². The van der Waals surface area contributed by atoms with Crippen molar-refractivity contribution in [2.75, 3.05) is 6.54 Å². The van der Waals surface area contributed by atoms with E-state index >= 15 is 0 Å². The van der Waals surface area contributed by atoms with Crippen molar-refractivity contribution in [3.63, 3.8) is 0 Å². The summed E-state index contributed by atoms with van der Waals surface area (Å²) in [5.41, 5.74) is 4.11. The number of hydrogen-bond donors (Lipinski definition) is 1. The van der Waals surface area contributed by atoms with Gasteiger partial charge in [0.1, 0.15) is 0 Å². The summed E-state index contributed by atoms with van der Waals surface area (Å²) in [6.07, 6.45) is -0.842. The van der Waals surface area contributed by atoms with Gasteiger partial charge in [0.15, 0.2) is 0 Å². The van der Waals surface area contributed by atoms with Gasteiger partial charge in [-0.3, -0.25) is 14.5 Å². The van der Waals surface area contributed by atoms with Gasteiger partial charge in [-0.15, -0.1) is 0 Å². The molecule has 0 saturated carbocycles. The predicted molar refractivity (Wildman–Crippen MR) is 99.2 cm³/mol. The molecule has 0 saturated heterocycles. The Hall–Kier alpha value is -2.92. The topological polar surface area (TPSA) is 62.5 Å². The first-order valence-corrected chi connectivity index (χ1v) is 8.66. The zero-order valence-corrected chi connectivity index (χ0v) is 14.8. The second-order valence-corrected chi connectivity index (χ2v) is 6.76.